The van der Waals surface area contributed by atoms with Crippen LogP contribution in [0.4, 0.5) is 0 Å². The van der Waals surface area contributed by atoms with Gasteiger partial charge in [-0.3, -0.25) is 0 Å². The normalized spacial score (nSPS) is 13.6. The Kier molecular flexibility index (Phi) is 5.39. The fourth-order valence-electron chi connectivity index (χ4n) is 2.68. The van der Waals surface area contributed by atoms with Crippen molar-refractivity contribution in [2.24, 2.45) is 0 Å². The smallest absolute Gasteiger partial charge is 0.208 e. The van der Waals surface area contributed by atoms with Gasteiger partial charge in [0.15, 0.2) is 0 Å². The molecule has 0 fully saturated rings. The highest BCUT2D eigenvalue weighted by Gasteiger charge is 2.24. The van der Waals surface area contributed by atoms with Crippen molar-refractivity contribution in [3.05, 3.63) is 27.8 Å². The second-order valence-corrected chi connectivity index (χ2v) is 7.42. The van der Waals surface area contributed by atoms with Gasteiger partial charge in [0.2, 0.25) is 10.0 Å². The van der Waals surface area contributed by atoms with Crippen LogP contribution in [-0.4, -0.2) is 14.5 Å². The van der Waals surface area contributed by atoms with Crippen LogP contribution in [-0.2, 0) is 10.0 Å². The topological polar surface area (TPSA) is 46.2 Å². The molecule has 20 heavy (non-hydrogen) atoms. The van der Waals surface area contributed by atoms with Crippen molar-refractivity contribution in [1.82, 2.24) is 4.72 Å². The minimum Gasteiger partial charge on any atom is -0.208 e. The first-order valence-corrected chi connectivity index (χ1v) is 8.71. The maximum atomic E-state index is 12.7. The Balaban J connectivity index is 3.40. The van der Waals surface area contributed by atoms with E-state index in [1.165, 1.54) is 5.56 Å². The van der Waals surface area contributed by atoms with Crippen molar-refractivity contribution in [2.45, 2.75) is 72.2 Å². The minimum absolute atomic E-state index is 0.0364. The molecule has 1 N–H and O–H groups in total. The zero-order valence-corrected chi connectivity index (χ0v) is 14.5. The van der Waals surface area contributed by atoms with Crippen molar-refractivity contribution < 1.29 is 8.42 Å². The fraction of sp³-hybridized carbons (Fsp3) is 0.625. The van der Waals surface area contributed by atoms with Crippen LogP contribution in [0.1, 0.15) is 54.5 Å². The van der Waals surface area contributed by atoms with Crippen LogP contribution in [0.2, 0.25) is 0 Å². The van der Waals surface area contributed by atoms with Crippen LogP contribution in [0, 0.1) is 34.6 Å². The van der Waals surface area contributed by atoms with Crippen LogP contribution < -0.4 is 4.72 Å². The van der Waals surface area contributed by atoms with E-state index in [0.29, 0.717) is 4.90 Å². The van der Waals surface area contributed by atoms with Crippen LogP contribution in [0.15, 0.2) is 4.90 Å². The van der Waals surface area contributed by atoms with Crippen molar-refractivity contribution in [1.29, 1.82) is 0 Å². The van der Waals surface area contributed by atoms with E-state index in [-0.39, 0.29) is 6.04 Å². The van der Waals surface area contributed by atoms with E-state index in [1.54, 1.807) is 0 Å². The van der Waals surface area contributed by atoms with E-state index in [2.05, 4.69) is 11.6 Å². The fourth-order valence-corrected chi connectivity index (χ4v) is 4.56. The summed E-state index contributed by atoms with van der Waals surface area (Å²) in [5, 5.41) is 0. The van der Waals surface area contributed by atoms with Crippen molar-refractivity contribution >= 4 is 10.0 Å². The highest BCUT2D eigenvalue weighted by atomic mass is 32.2. The number of rotatable bonds is 5. The molecule has 0 aliphatic carbocycles. The third kappa shape index (κ3) is 3.23. The summed E-state index contributed by atoms with van der Waals surface area (Å²) in [6, 6.07) is -0.0364. The van der Waals surface area contributed by atoms with Gasteiger partial charge in [-0.2, -0.15) is 0 Å². The van der Waals surface area contributed by atoms with Crippen molar-refractivity contribution in [3.63, 3.8) is 0 Å². The largest absolute Gasteiger partial charge is 0.241 e. The summed E-state index contributed by atoms with van der Waals surface area (Å²) < 4.78 is 28.1. The molecule has 1 aromatic rings. The van der Waals surface area contributed by atoms with Crippen molar-refractivity contribution in [3.8, 4) is 0 Å². The molecule has 0 bridgehead atoms. The molecular formula is C16H27NO2S. The van der Waals surface area contributed by atoms with Gasteiger partial charge >= 0.3 is 0 Å². The van der Waals surface area contributed by atoms with Crippen LogP contribution in [0.3, 0.4) is 0 Å². The standard InChI is InChI=1S/C16H27NO2S/c1-8-9-10(2)17-20(18,19)16-14(6)12(4)11(3)13(5)15(16)7/h10,17H,8-9H2,1-7H3. The molecule has 0 amide bonds. The molecule has 0 radical (unpaired) electrons. The lowest BCUT2D eigenvalue weighted by molar-refractivity contribution is 0.542. The zero-order valence-electron chi connectivity index (χ0n) is 13.7. The first-order chi connectivity index (χ1) is 9.13. The number of benzene rings is 1. The molecule has 0 aliphatic rings. The molecule has 1 aromatic carbocycles. The summed E-state index contributed by atoms with van der Waals surface area (Å²) in [7, 11) is -3.45. The number of nitrogens with one attached hydrogen (secondary N) is 1. The van der Waals surface area contributed by atoms with E-state index >= 15 is 0 Å². The second-order valence-electron chi connectivity index (χ2n) is 5.77. The maximum absolute atomic E-state index is 12.7. The Bertz CT molecular complexity index is 574. The van der Waals surface area contributed by atoms with Crippen LogP contribution in [0.25, 0.3) is 0 Å². The van der Waals surface area contributed by atoms with E-state index in [9.17, 15) is 8.42 Å². The van der Waals surface area contributed by atoms with Gasteiger partial charge in [-0.1, -0.05) is 13.3 Å². The average molecular weight is 297 g/mol. The van der Waals surface area contributed by atoms with Gasteiger partial charge in [-0.25, -0.2) is 13.1 Å². The molecule has 0 saturated heterocycles. The molecule has 4 heteroatoms. The molecule has 3 nitrogen and oxygen atoms in total. The van der Waals surface area contributed by atoms with E-state index < -0.39 is 10.0 Å². The van der Waals surface area contributed by atoms with E-state index in [1.807, 2.05) is 41.5 Å². The van der Waals surface area contributed by atoms with Gasteiger partial charge in [-0.15, -0.1) is 0 Å². The summed E-state index contributed by atoms with van der Waals surface area (Å²) in [5.41, 5.74) is 5.04. The highest BCUT2D eigenvalue weighted by Crippen LogP contribution is 2.29. The monoisotopic (exact) mass is 297 g/mol. The third-order valence-electron chi connectivity index (χ3n) is 4.28. The molecule has 1 unspecified atom stereocenters. The minimum atomic E-state index is -3.45. The molecule has 0 spiro atoms. The summed E-state index contributed by atoms with van der Waals surface area (Å²) in [6.07, 6.45) is 1.81. The summed E-state index contributed by atoms with van der Waals surface area (Å²) in [6.45, 7) is 13.8. The Hall–Kier alpha value is -0.870. The van der Waals surface area contributed by atoms with Gasteiger partial charge in [0, 0.05) is 6.04 Å². The summed E-state index contributed by atoms with van der Waals surface area (Å²) in [5.74, 6) is 0. The van der Waals surface area contributed by atoms with Gasteiger partial charge in [0.05, 0.1) is 4.90 Å². The van der Waals surface area contributed by atoms with Crippen molar-refractivity contribution in [2.75, 3.05) is 0 Å². The average Bonchev–Trinajstić information content (AvgIpc) is 2.33. The molecule has 1 rings (SSSR count). The summed E-state index contributed by atoms with van der Waals surface area (Å²) in [4.78, 5) is 0.459. The summed E-state index contributed by atoms with van der Waals surface area (Å²) >= 11 is 0. The molecule has 0 aliphatic heterocycles. The lowest BCUT2D eigenvalue weighted by Gasteiger charge is -2.21. The quantitative estimate of drug-likeness (QED) is 0.901. The zero-order chi connectivity index (χ0) is 15.7. The lowest BCUT2D eigenvalue weighted by Crippen LogP contribution is -2.33. The Morgan fingerprint density at radius 3 is 1.70 bits per heavy atom. The third-order valence-corrected chi connectivity index (χ3v) is 6.14. The molecule has 0 aromatic heterocycles. The Morgan fingerprint density at radius 1 is 0.900 bits per heavy atom. The number of hydrogen-bond acceptors (Lipinski definition) is 2. The number of hydrogen-bond donors (Lipinski definition) is 1. The van der Waals surface area contributed by atoms with Crippen LogP contribution >= 0.6 is 0 Å². The first kappa shape index (κ1) is 17.2. The van der Waals surface area contributed by atoms with Gasteiger partial charge in [-0.05, 0) is 75.8 Å². The Labute approximate surface area is 123 Å². The Morgan fingerprint density at radius 2 is 1.30 bits per heavy atom. The molecule has 0 saturated carbocycles. The predicted molar refractivity (Wildman–Crippen MR) is 84.8 cm³/mol. The van der Waals surface area contributed by atoms with E-state index in [4.69, 9.17) is 0 Å². The van der Waals surface area contributed by atoms with Gasteiger partial charge < -0.3 is 0 Å². The second kappa shape index (κ2) is 6.27. The van der Waals surface area contributed by atoms with E-state index in [0.717, 1.165) is 35.1 Å². The molecule has 0 heterocycles. The maximum Gasteiger partial charge on any atom is 0.241 e. The first-order valence-electron chi connectivity index (χ1n) is 7.22. The predicted octanol–water partition coefficient (Wildman–Crippen LogP) is 3.70. The number of sulfonamides is 1. The van der Waals surface area contributed by atoms with Gasteiger partial charge in [0.1, 0.15) is 0 Å². The SMILES string of the molecule is CCCC(C)NS(=O)(=O)c1c(C)c(C)c(C)c(C)c1C. The molecule has 1 atom stereocenters. The molecule has 114 valence electrons. The van der Waals surface area contributed by atoms with Crippen LogP contribution in [0.5, 0.6) is 0 Å². The molecular weight excluding hydrogens is 270 g/mol. The lowest BCUT2D eigenvalue weighted by atomic mass is 9.95. The van der Waals surface area contributed by atoms with Gasteiger partial charge in [0.25, 0.3) is 0 Å². The highest BCUT2D eigenvalue weighted by molar-refractivity contribution is 7.89.